The minimum Gasteiger partial charge on any atom is -0.549 e. The molecule has 15 heteroatoms. The second-order valence-corrected chi connectivity index (χ2v) is 14.1. The first-order valence-electron chi connectivity index (χ1n) is 12.6. The molecule has 0 fully saturated rings. The number of aryl methyl sites for hydroxylation is 1. The van der Waals surface area contributed by atoms with Crippen LogP contribution >= 0.6 is 0 Å². The average molecular weight is 640 g/mol. The van der Waals surface area contributed by atoms with Gasteiger partial charge in [0.15, 0.2) is 0 Å². The molecule has 224 valence electrons. The summed E-state index contributed by atoms with van der Waals surface area (Å²) in [5, 5.41) is 10.8. The van der Waals surface area contributed by atoms with Crippen LogP contribution in [-0.2, 0) is 30.2 Å². The molecule has 12 nitrogen and oxygen atoms in total. The molecule has 0 bridgehead atoms. The van der Waals surface area contributed by atoms with Crippen LogP contribution in [0.15, 0.2) is 57.5 Å². The molecular formula is C28H30N3NaO9S2. The number of hydrogen-bond acceptors (Lipinski definition) is 11. The summed E-state index contributed by atoms with van der Waals surface area (Å²) in [7, 11) is -5.60. The van der Waals surface area contributed by atoms with Gasteiger partial charge in [-0.15, -0.1) is 0 Å². The molecule has 4 rings (SSSR count). The van der Waals surface area contributed by atoms with Crippen LogP contribution < -0.4 is 48.9 Å². The number of methoxy groups -OCH3 is 2. The monoisotopic (exact) mass is 639 g/mol. The van der Waals surface area contributed by atoms with Gasteiger partial charge >= 0.3 is 29.6 Å². The molecule has 0 spiro atoms. The maximum atomic E-state index is 13.8. The number of aromatic amines is 1. The smallest absolute Gasteiger partial charge is 0.549 e. The summed E-state index contributed by atoms with van der Waals surface area (Å²) in [4.78, 5) is 22.0. The second kappa shape index (κ2) is 12.8. The van der Waals surface area contributed by atoms with Crippen LogP contribution in [0.2, 0.25) is 0 Å². The molecule has 0 aliphatic heterocycles. The van der Waals surface area contributed by atoms with E-state index in [0.717, 1.165) is 5.56 Å². The summed E-state index contributed by atoms with van der Waals surface area (Å²) in [6.07, 6.45) is 1.52. The molecular weight excluding hydrogens is 609 g/mol. The minimum absolute atomic E-state index is 0. The molecule has 0 unspecified atom stereocenters. The number of nitrogens with one attached hydrogen (secondary N) is 1. The number of H-pyrrole nitrogens is 1. The number of carboxylic acid groups (broad SMARTS) is 1. The fraction of sp³-hybridized carbons (Fsp3) is 0.321. The third-order valence-electron chi connectivity index (χ3n) is 6.70. The molecule has 1 N–H and O–H groups in total. The van der Waals surface area contributed by atoms with Gasteiger partial charge < -0.3 is 29.1 Å². The maximum Gasteiger partial charge on any atom is 1.00 e. The number of aliphatic carboxylic acids is 1. The van der Waals surface area contributed by atoms with Crippen molar-refractivity contribution in [3.8, 4) is 17.2 Å². The Morgan fingerprint density at radius 2 is 1.65 bits per heavy atom. The number of rotatable bonds is 11. The van der Waals surface area contributed by atoms with Crippen molar-refractivity contribution in [2.75, 3.05) is 20.8 Å². The molecule has 4 aromatic rings. The number of benzene rings is 2. The molecule has 0 saturated carbocycles. The van der Waals surface area contributed by atoms with Crippen molar-refractivity contribution in [3.63, 3.8) is 0 Å². The van der Waals surface area contributed by atoms with Gasteiger partial charge in [0.1, 0.15) is 33.4 Å². The van der Waals surface area contributed by atoms with Gasteiger partial charge in [-0.25, -0.2) is 21.8 Å². The van der Waals surface area contributed by atoms with Crippen molar-refractivity contribution in [2.45, 2.75) is 48.4 Å². The van der Waals surface area contributed by atoms with Gasteiger partial charge in [0, 0.05) is 22.7 Å². The number of carbonyl (C=O) groups is 1. The Hall–Kier alpha value is -3.17. The number of nitrogens with zero attached hydrogens (tertiary/aromatic N) is 2. The topological polar surface area (TPSA) is 178 Å². The van der Waals surface area contributed by atoms with Crippen molar-refractivity contribution >= 4 is 36.7 Å². The van der Waals surface area contributed by atoms with Crippen molar-refractivity contribution in [2.24, 2.45) is 5.41 Å². The normalized spacial score (nSPS) is 12.0. The van der Waals surface area contributed by atoms with Gasteiger partial charge in [0.2, 0.25) is 24.8 Å². The summed E-state index contributed by atoms with van der Waals surface area (Å²) >= 11 is 0. The van der Waals surface area contributed by atoms with E-state index in [0.29, 0.717) is 11.3 Å². The van der Waals surface area contributed by atoms with Crippen molar-refractivity contribution in [1.82, 2.24) is 15.0 Å². The van der Waals surface area contributed by atoms with Gasteiger partial charge in [-0.2, -0.15) is 0 Å². The van der Waals surface area contributed by atoms with Gasteiger partial charge in [0.05, 0.1) is 42.9 Å². The Balaban J connectivity index is 0.00000506. The van der Waals surface area contributed by atoms with Gasteiger partial charge in [-0.3, -0.25) is 4.98 Å². The molecule has 2 aromatic heterocycles. The first kappa shape index (κ1) is 34.3. The standard InChI is InChI=1S/C28H31N3O9S2.Na/c1-16-13-29-21(17(2)24(16)39-6)14-41(34,35)27-30-20-11-12-22(38-5)25(23(20)31-27)42(36,37)19-9-7-18(8-10-19)40-15-28(3,4)26(32)33;/h7-13H,14-15H2,1-6H3,(H,30,31)(H,32,33);/q;+1/p-1. The van der Waals surface area contributed by atoms with Crippen LogP contribution in [0.1, 0.15) is 30.7 Å². The van der Waals surface area contributed by atoms with E-state index >= 15 is 0 Å². The third-order valence-corrected chi connectivity index (χ3v) is 9.96. The van der Waals surface area contributed by atoms with E-state index in [1.165, 1.54) is 70.7 Å². The number of sulfone groups is 2. The Bertz CT molecular complexity index is 1890. The quantitative estimate of drug-likeness (QED) is 0.210. The molecule has 0 aliphatic carbocycles. The number of ether oxygens (including phenoxy) is 3. The van der Waals surface area contributed by atoms with Crippen LogP contribution in [0.25, 0.3) is 11.0 Å². The van der Waals surface area contributed by atoms with E-state index < -0.39 is 42.0 Å². The molecule has 0 aliphatic rings. The van der Waals surface area contributed by atoms with Gasteiger partial charge in [0.25, 0.3) is 0 Å². The van der Waals surface area contributed by atoms with Crippen molar-refractivity contribution in [3.05, 3.63) is 59.4 Å². The van der Waals surface area contributed by atoms with E-state index in [-0.39, 0.29) is 74.2 Å². The fourth-order valence-corrected chi connectivity index (χ4v) is 7.04. The van der Waals surface area contributed by atoms with E-state index in [1.807, 2.05) is 0 Å². The van der Waals surface area contributed by atoms with Gasteiger partial charge in [-0.05, 0) is 50.2 Å². The zero-order chi connectivity index (χ0) is 31.0. The molecule has 2 heterocycles. The zero-order valence-corrected chi connectivity index (χ0v) is 28.5. The largest absolute Gasteiger partial charge is 1.00 e. The summed E-state index contributed by atoms with van der Waals surface area (Å²) in [6.45, 7) is 6.20. The number of carbonyl (C=O) groups excluding carboxylic acids is 1. The first-order chi connectivity index (χ1) is 19.6. The second-order valence-electron chi connectivity index (χ2n) is 10.3. The van der Waals surface area contributed by atoms with Crippen LogP contribution in [0, 0.1) is 19.3 Å². The molecule has 2 aromatic carbocycles. The molecule has 0 saturated heterocycles. The Morgan fingerprint density at radius 3 is 2.23 bits per heavy atom. The average Bonchev–Trinajstić information content (AvgIpc) is 3.39. The summed E-state index contributed by atoms with van der Waals surface area (Å²) in [6, 6.07) is 8.23. The number of fused-ring (bicyclic) bond motifs is 1. The summed E-state index contributed by atoms with van der Waals surface area (Å²) < 4.78 is 70.6. The maximum absolute atomic E-state index is 13.8. The van der Waals surface area contributed by atoms with Crippen LogP contribution in [-0.4, -0.2) is 58.6 Å². The Morgan fingerprint density at radius 1 is 1.00 bits per heavy atom. The van der Waals surface area contributed by atoms with Crippen LogP contribution in [0.4, 0.5) is 0 Å². The van der Waals surface area contributed by atoms with E-state index in [4.69, 9.17) is 14.2 Å². The van der Waals surface area contributed by atoms with E-state index in [9.17, 15) is 26.7 Å². The summed E-state index contributed by atoms with van der Waals surface area (Å²) in [5.74, 6) is -1.04. The Labute approximate surface area is 271 Å². The predicted molar refractivity (Wildman–Crippen MR) is 150 cm³/mol. The number of carboxylic acids is 1. The molecule has 43 heavy (non-hydrogen) atoms. The Kier molecular flexibility index (Phi) is 10.2. The fourth-order valence-electron chi connectivity index (χ4n) is 4.20. The number of hydrogen-bond donors (Lipinski definition) is 1. The number of pyridine rings is 1. The molecule has 0 amide bonds. The third kappa shape index (κ3) is 6.83. The SMILES string of the molecule is COc1ccc2[nH]c(S(=O)(=O)Cc3ncc(C)c(OC)c3C)nc2c1S(=O)(=O)c1ccc(OCC(C)(C)C(=O)[O-])cc1.[Na+]. The van der Waals surface area contributed by atoms with Crippen LogP contribution in [0.3, 0.4) is 0 Å². The number of aromatic nitrogens is 3. The first-order valence-corrected chi connectivity index (χ1v) is 15.7. The van der Waals surface area contributed by atoms with E-state index in [2.05, 4.69) is 15.0 Å². The minimum atomic E-state index is -4.28. The van der Waals surface area contributed by atoms with E-state index in [1.54, 1.807) is 13.8 Å². The van der Waals surface area contributed by atoms with Crippen LogP contribution in [0.5, 0.6) is 17.2 Å². The van der Waals surface area contributed by atoms with Crippen molar-refractivity contribution < 1.29 is 70.5 Å². The van der Waals surface area contributed by atoms with Crippen molar-refractivity contribution in [1.29, 1.82) is 0 Å². The zero-order valence-electron chi connectivity index (χ0n) is 24.8. The summed E-state index contributed by atoms with van der Waals surface area (Å²) in [5.41, 5.74) is 0.388. The van der Waals surface area contributed by atoms with Gasteiger partial charge in [-0.1, -0.05) is 13.8 Å². The molecule has 0 atom stereocenters. The number of imidazole rings is 1. The predicted octanol–water partition coefficient (Wildman–Crippen LogP) is -0.442. The molecule has 0 radical (unpaired) electrons.